The molecular weight excluding hydrogens is 1040 g/mol. The van der Waals surface area contributed by atoms with Crippen molar-refractivity contribution < 1.29 is 80.5 Å². The molecule has 24 nitrogen and oxygen atoms in total. The van der Waals surface area contributed by atoms with Crippen LogP contribution >= 0.6 is 35.2 Å². The Bertz CT molecular complexity index is 2120. The van der Waals surface area contributed by atoms with Crippen LogP contribution in [0.25, 0.3) is 11.2 Å². The molecule has 420 valence electrons. The second kappa shape index (κ2) is 33.0. The fraction of sp³-hybridized carbons (Fsp3) is 0.822. The zero-order valence-corrected chi connectivity index (χ0v) is 46.3. The normalized spacial score (nSPS) is 19.9. The smallest absolute Gasteiger partial charge is 0.386 e. The first-order chi connectivity index (χ1) is 34.4. The molecule has 3 rings (SSSR count). The van der Waals surface area contributed by atoms with Crippen LogP contribution in [-0.2, 0) is 50.7 Å². The third kappa shape index (κ3) is 25.5. The summed E-state index contributed by atoms with van der Waals surface area (Å²) in [6, 6.07) is 0. The van der Waals surface area contributed by atoms with E-state index in [1.807, 2.05) is 0 Å². The number of phosphoric acid groups is 3. The van der Waals surface area contributed by atoms with E-state index in [2.05, 4.69) is 48.3 Å². The van der Waals surface area contributed by atoms with Gasteiger partial charge in [-0.1, -0.05) is 155 Å². The van der Waals surface area contributed by atoms with Crippen molar-refractivity contribution in [3.05, 3.63) is 12.7 Å². The zero-order valence-electron chi connectivity index (χ0n) is 42.8. The Kier molecular flexibility index (Phi) is 29.3. The number of imidazole rings is 1. The number of amides is 2. The fourth-order valence-electron chi connectivity index (χ4n) is 8.14. The number of aliphatic hydroxyl groups is 2. The number of hydrogen-bond acceptors (Lipinski definition) is 18. The quantitative estimate of drug-likeness (QED) is 0.0237. The number of aliphatic hydroxyl groups excluding tert-OH is 2. The van der Waals surface area contributed by atoms with E-state index >= 15 is 0 Å². The first kappa shape index (κ1) is 64.8. The van der Waals surface area contributed by atoms with Crippen LogP contribution in [-0.4, -0.2) is 123 Å². The third-order valence-electron chi connectivity index (χ3n) is 12.4. The molecule has 2 amide bonds. The van der Waals surface area contributed by atoms with Gasteiger partial charge < -0.3 is 50.9 Å². The zero-order chi connectivity index (χ0) is 54.1. The largest absolute Gasteiger partial charge is 0.481 e. The lowest BCUT2D eigenvalue weighted by atomic mass is 9.87. The van der Waals surface area contributed by atoms with Crippen LogP contribution in [0.4, 0.5) is 5.82 Å². The molecule has 8 atom stereocenters. The van der Waals surface area contributed by atoms with Gasteiger partial charge in [0, 0.05) is 37.1 Å². The van der Waals surface area contributed by atoms with E-state index in [1.165, 1.54) is 117 Å². The Morgan fingerprint density at radius 1 is 0.822 bits per heavy atom. The van der Waals surface area contributed by atoms with E-state index in [4.69, 9.17) is 19.5 Å². The summed E-state index contributed by atoms with van der Waals surface area (Å²) in [6.45, 7) is 5.14. The van der Waals surface area contributed by atoms with Crippen molar-refractivity contribution in [2.45, 2.75) is 193 Å². The lowest BCUT2D eigenvalue weighted by Gasteiger charge is -2.30. The van der Waals surface area contributed by atoms with Crippen LogP contribution in [0.15, 0.2) is 12.7 Å². The van der Waals surface area contributed by atoms with Crippen molar-refractivity contribution >= 4 is 69.1 Å². The summed E-state index contributed by atoms with van der Waals surface area (Å²) in [4.78, 5) is 88.7. The number of nitrogens with zero attached hydrogens (tertiary/aromatic N) is 4. The van der Waals surface area contributed by atoms with E-state index in [9.17, 15) is 57.9 Å². The van der Waals surface area contributed by atoms with Crippen molar-refractivity contribution in [3.63, 3.8) is 0 Å². The molecule has 0 saturated carbocycles. The number of aromatic nitrogens is 4. The van der Waals surface area contributed by atoms with E-state index in [0.717, 1.165) is 48.2 Å². The number of anilines is 1. The van der Waals surface area contributed by atoms with Gasteiger partial charge in [-0.05, 0) is 12.3 Å². The number of rotatable bonds is 40. The van der Waals surface area contributed by atoms with Crippen molar-refractivity contribution in [1.29, 1.82) is 0 Å². The number of phosphoric ester groups is 3. The van der Waals surface area contributed by atoms with Gasteiger partial charge in [0.15, 0.2) is 22.8 Å². The van der Waals surface area contributed by atoms with Crippen LogP contribution in [0.2, 0.25) is 0 Å². The lowest BCUT2D eigenvalue weighted by molar-refractivity contribution is -0.137. The summed E-state index contributed by atoms with van der Waals surface area (Å²) >= 11 is 1.16. The predicted molar refractivity (Wildman–Crippen MR) is 274 cm³/mol. The number of nitrogens with one attached hydrogen (secondary N) is 2. The van der Waals surface area contributed by atoms with Crippen molar-refractivity contribution in [2.75, 3.05) is 37.8 Å². The van der Waals surface area contributed by atoms with E-state index < -0.39 is 84.6 Å². The highest BCUT2D eigenvalue weighted by atomic mass is 32.2. The molecule has 1 aliphatic heterocycles. The third-order valence-corrected chi connectivity index (χ3v) is 16.4. The number of carbonyl (C=O) groups excluding carboxylic acids is 3. The van der Waals surface area contributed by atoms with Crippen molar-refractivity contribution in [3.8, 4) is 0 Å². The van der Waals surface area contributed by atoms with Gasteiger partial charge in [0.25, 0.3) is 0 Å². The van der Waals surface area contributed by atoms with Crippen LogP contribution in [0.3, 0.4) is 0 Å². The molecule has 0 bridgehead atoms. The van der Waals surface area contributed by atoms with Crippen LogP contribution < -0.4 is 16.4 Å². The standard InChI is InChI=1S/C45H82N7O17P3S/c1-5-6-7-8-9-10-11-12-13-14-15-16-17-18-19-22-33(2)23-20-21-24-36(54)73-28-27-47-35(53)25-26-48-43(57)40(56)45(3,4)30-66-72(63,64)69-71(61,62)65-29-34-39(68-70(58,59)60)38(55)44(67-34)52-32-51-37-41(46)49-31-50-42(37)52/h31-34,38-40,44,55-56H,5-30H2,1-4H3,(H,47,53)(H,48,57)(H,61,62)(H,63,64)(H2,46,49,50)(H2,58,59,60). The number of carbonyl (C=O) groups is 3. The maximum Gasteiger partial charge on any atom is 0.481 e. The van der Waals surface area contributed by atoms with E-state index in [-0.39, 0.29) is 41.6 Å². The van der Waals surface area contributed by atoms with Crippen LogP contribution in [0, 0.1) is 11.3 Å². The average molecular weight is 1120 g/mol. The molecular formula is C45H82N7O17P3S. The molecule has 0 aromatic carbocycles. The highest BCUT2D eigenvalue weighted by Gasteiger charge is 2.50. The van der Waals surface area contributed by atoms with Crippen molar-refractivity contribution in [2.24, 2.45) is 11.3 Å². The van der Waals surface area contributed by atoms with E-state index in [1.54, 1.807) is 0 Å². The Hall–Kier alpha value is -2.44. The Balaban J connectivity index is 1.24. The highest BCUT2D eigenvalue weighted by Crippen LogP contribution is 2.61. The number of unbranched alkanes of at least 4 members (excludes halogenated alkanes) is 15. The van der Waals surface area contributed by atoms with Gasteiger partial charge in [-0.25, -0.2) is 28.6 Å². The number of ether oxygens (including phenoxy) is 1. The molecule has 73 heavy (non-hydrogen) atoms. The van der Waals surface area contributed by atoms with Gasteiger partial charge in [-0.2, -0.15) is 4.31 Å². The fourth-order valence-corrected chi connectivity index (χ4v) is 11.7. The van der Waals surface area contributed by atoms with Crippen LogP contribution in [0.5, 0.6) is 0 Å². The summed E-state index contributed by atoms with van der Waals surface area (Å²) in [5, 5.41) is 26.8. The van der Waals surface area contributed by atoms with Crippen molar-refractivity contribution in [1.82, 2.24) is 30.2 Å². The number of hydrogen-bond donors (Lipinski definition) is 9. The minimum atomic E-state index is -5.58. The molecule has 2 aromatic heterocycles. The highest BCUT2D eigenvalue weighted by molar-refractivity contribution is 8.13. The van der Waals surface area contributed by atoms with Gasteiger partial charge in [-0.15, -0.1) is 0 Å². The van der Waals surface area contributed by atoms with Gasteiger partial charge in [0.1, 0.15) is 36.3 Å². The molecule has 1 aliphatic rings. The maximum atomic E-state index is 12.8. The summed E-state index contributed by atoms with van der Waals surface area (Å²) in [5.74, 6) is -0.371. The Labute approximate surface area is 433 Å². The minimum Gasteiger partial charge on any atom is -0.386 e. The topological polar surface area (TPSA) is 364 Å². The molecule has 1 saturated heterocycles. The number of nitrogens with two attached hydrogens (primary N) is 1. The average Bonchev–Trinajstić information content (AvgIpc) is 3.88. The molecule has 2 aromatic rings. The molecule has 8 unspecified atom stereocenters. The van der Waals surface area contributed by atoms with E-state index in [0.29, 0.717) is 18.1 Å². The second-order valence-corrected chi connectivity index (χ2v) is 24.8. The minimum absolute atomic E-state index is 0.0343. The molecule has 28 heteroatoms. The number of nitrogen functional groups attached to an aromatic ring is 1. The number of thioether (sulfide) groups is 1. The first-order valence-corrected chi connectivity index (χ1v) is 31.0. The second-order valence-electron chi connectivity index (χ2n) is 19.4. The lowest BCUT2D eigenvalue weighted by Crippen LogP contribution is -2.46. The summed E-state index contributed by atoms with van der Waals surface area (Å²) in [6.07, 6.45) is 18.2. The maximum absolute atomic E-state index is 12.8. The molecule has 3 heterocycles. The van der Waals surface area contributed by atoms with Gasteiger partial charge in [-0.3, -0.25) is 32.5 Å². The molecule has 0 spiro atoms. The summed E-state index contributed by atoms with van der Waals surface area (Å²) in [5.41, 5.74) is 4.30. The van der Waals surface area contributed by atoms with Crippen LogP contribution in [0.1, 0.15) is 169 Å². The monoisotopic (exact) mass is 1120 g/mol. The molecule has 1 fully saturated rings. The van der Waals surface area contributed by atoms with Gasteiger partial charge in [0.2, 0.25) is 11.8 Å². The predicted octanol–water partition coefficient (Wildman–Crippen LogP) is 7.12. The molecule has 0 aliphatic carbocycles. The SMILES string of the molecule is CCCCCCCCCCCCCCCCCC(C)CCCCC(=O)SCCNC(=O)CCNC(=O)C(O)C(C)(C)COP(=O)(O)OP(=O)(O)OCC1OC(n2cnc3c(N)ncnc32)C(O)C1OP(=O)(O)O. The van der Waals surface area contributed by atoms with Gasteiger partial charge >= 0.3 is 23.5 Å². The number of fused-ring (bicyclic) bond motifs is 1. The Morgan fingerprint density at radius 3 is 2.00 bits per heavy atom. The molecule has 10 N–H and O–H groups in total. The first-order valence-electron chi connectivity index (χ1n) is 25.5. The Morgan fingerprint density at radius 2 is 1.40 bits per heavy atom. The summed E-state index contributed by atoms with van der Waals surface area (Å²) in [7, 11) is -16.4. The molecule has 0 radical (unpaired) electrons. The summed E-state index contributed by atoms with van der Waals surface area (Å²) < 4.78 is 62.6. The van der Waals surface area contributed by atoms with Gasteiger partial charge in [0.05, 0.1) is 19.5 Å².